The fourth-order valence-corrected chi connectivity index (χ4v) is 1.64. The van der Waals surface area contributed by atoms with Gasteiger partial charge in [-0.3, -0.25) is 0 Å². The number of aromatic nitrogens is 3. The van der Waals surface area contributed by atoms with E-state index in [4.69, 9.17) is 39.5 Å². The van der Waals surface area contributed by atoms with E-state index >= 15 is 0 Å². The molecule has 4 nitrogen and oxygen atoms in total. The molecule has 0 aliphatic carbocycles. The van der Waals surface area contributed by atoms with Crippen LogP contribution < -0.4 is 4.74 Å². The molecule has 0 aliphatic heterocycles. The fourth-order valence-electron chi connectivity index (χ4n) is 1.19. The average Bonchev–Trinajstić information content (AvgIpc) is 2.32. The molecule has 2 rings (SSSR count). The number of hydrogen-bond acceptors (Lipinski definition) is 4. The molecule has 7 heteroatoms. The van der Waals surface area contributed by atoms with Gasteiger partial charge in [-0.15, -0.1) is 0 Å². The van der Waals surface area contributed by atoms with Crippen LogP contribution in [0.5, 0.6) is 6.01 Å². The van der Waals surface area contributed by atoms with Gasteiger partial charge >= 0.3 is 6.01 Å². The van der Waals surface area contributed by atoms with Crippen LogP contribution in [0.3, 0.4) is 0 Å². The zero-order chi connectivity index (χ0) is 12.4. The van der Waals surface area contributed by atoms with Crippen molar-refractivity contribution in [2.75, 3.05) is 7.11 Å². The molecule has 1 heterocycles. The minimum absolute atomic E-state index is 0.0536. The summed E-state index contributed by atoms with van der Waals surface area (Å²) in [5.41, 5.74) is 0.682. The molecule has 0 spiro atoms. The standard InChI is InChI=1S/C10H6Cl3N3O/c1-17-10-15-8(14-9(13)16-10)5-2-3-6(11)7(12)4-5/h2-4H,1H3. The van der Waals surface area contributed by atoms with Crippen LogP contribution in [0.4, 0.5) is 0 Å². The van der Waals surface area contributed by atoms with Gasteiger partial charge in [0.2, 0.25) is 5.28 Å². The lowest BCUT2D eigenvalue weighted by Gasteiger charge is -2.04. The van der Waals surface area contributed by atoms with Crippen molar-refractivity contribution in [3.63, 3.8) is 0 Å². The first-order chi connectivity index (χ1) is 8.10. The van der Waals surface area contributed by atoms with Gasteiger partial charge in [0.15, 0.2) is 5.82 Å². The molecule has 0 saturated carbocycles. The Labute approximate surface area is 113 Å². The Morgan fingerprint density at radius 2 is 1.76 bits per heavy atom. The molecule has 0 aliphatic rings. The molecule has 1 aromatic carbocycles. The summed E-state index contributed by atoms with van der Waals surface area (Å²) in [6.45, 7) is 0. The maximum Gasteiger partial charge on any atom is 0.321 e. The molecule has 2 aromatic rings. The molecule has 0 N–H and O–H groups in total. The van der Waals surface area contributed by atoms with Gasteiger partial charge in [0.05, 0.1) is 17.2 Å². The van der Waals surface area contributed by atoms with E-state index in [1.165, 1.54) is 7.11 Å². The Kier molecular flexibility index (Phi) is 3.66. The molecule has 0 atom stereocenters. The predicted molar refractivity (Wildman–Crippen MR) is 66.8 cm³/mol. The number of nitrogens with zero attached hydrogens (tertiary/aromatic N) is 3. The first kappa shape index (κ1) is 12.4. The highest BCUT2D eigenvalue weighted by Crippen LogP contribution is 2.27. The first-order valence-corrected chi connectivity index (χ1v) is 5.64. The number of benzene rings is 1. The van der Waals surface area contributed by atoms with Crippen LogP contribution in [0.25, 0.3) is 11.4 Å². The van der Waals surface area contributed by atoms with Gasteiger partial charge in [0.1, 0.15) is 0 Å². The van der Waals surface area contributed by atoms with Crippen molar-refractivity contribution in [2.24, 2.45) is 0 Å². The topological polar surface area (TPSA) is 47.9 Å². The largest absolute Gasteiger partial charge is 0.467 e. The summed E-state index contributed by atoms with van der Waals surface area (Å²) >= 11 is 17.5. The molecule has 0 saturated heterocycles. The fraction of sp³-hybridized carbons (Fsp3) is 0.100. The second kappa shape index (κ2) is 5.04. The van der Waals surface area contributed by atoms with Gasteiger partial charge in [0, 0.05) is 5.56 Å². The van der Waals surface area contributed by atoms with Gasteiger partial charge in [-0.25, -0.2) is 0 Å². The molecule has 1 aromatic heterocycles. The summed E-state index contributed by atoms with van der Waals surface area (Å²) in [5.74, 6) is 0.375. The summed E-state index contributed by atoms with van der Waals surface area (Å²) in [7, 11) is 1.45. The number of rotatable bonds is 2. The van der Waals surface area contributed by atoms with Gasteiger partial charge in [-0.05, 0) is 29.8 Å². The van der Waals surface area contributed by atoms with Crippen molar-refractivity contribution in [3.8, 4) is 17.4 Å². The molecule has 0 unspecified atom stereocenters. The van der Waals surface area contributed by atoms with Crippen molar-refractivity contribution in [1.82, 2.24) is 15.0 Å². The van der Waals surface area contributed by atoms with E-state index in [9.17, 15) is 0 Å². The Morgan fingerprint density at radius 3 is 2.41 bits per heavy atom. The third-order valence-electron chi connectivity index (χ3n) is 1.95. The average molecular weight is 291 g/mol. The monoisotopic (exact) mass is 289 g/mol. The van der Waals surface area contributed by atoms with E-state index in [0.29, 0.717) is 21.4 Å². The van der Waals surface area contributed by atoms with E-state index in [0.717, 1.165) is 0 Å². The number of hydrogen-bond donors (Lipinski definition) is 0. The second-order valence-electron chi connectivity index (χ2n) is 3.04. The van der Waals surface area contributed by atoms with E-state index in [1.54, 1.807) is 18.2 Å². The summed E-state index contributed by atoms with van der Waals surface area (Å²) < 4.78 is 4.91. The van der Waals surface area contributed by atoms with Gasteiger partial charge in [0.25, 0.3) is 0 Å². The van der Waals surface area contributed by atoms with Crippen LogP contribution in [-0.4, -0.2) is 22.1 Å². The third kappa shape index (κ3) is 2.77. The van der Waals surface area contributed by atoms with E-state index in [-0.39, 0.29) is 11.3 Å². The lowest BCUT2D eigenvalue weighted by Crippen LogP contribution is -1.97. The van der Waals surface area contributed by atoms with Crippen LogP contribution in [-0.2, 0) is 0 Å². The highest BCUT2D eigenvalue weighted by atomic mass is 35.5. The van der Waals surface area contributed by atoms with Gasteiger partial charge in [-0.2, -0.15) is 15.0 Å². The third-order valence-corrected chi connectivity index (χ3v) is 2.86. The smallest absolute Gasteiger partial charge is 0.321 e. The zero-order valence-corrected chi connectivity index (χ0v) is 10.9. The van der Waals surface area contributed by atoms with Crippen LogP contribution in [0.15, 0.2) is 18.2 Å². The molecule has 17 heavy (non-hydrogen) atoms. The first-order valence-electron chi connectivity index (χ1n) is 4.51. The lowest BCUT2D eigenvalue weighted by atomic mass is 10.2. The molecular formula is C10H6Cl3N3O. The van der Waals surface area contributed by atoms with Gasteiger partial charge < -0.3 is 4.74 Å². The zero-order valence-electron chi connectivity index (χ0n) is 8.62. The van der Waals surface area contributed by atoms with Crippen LogP contribution >= 0.6 is 34.8 Å². The Morgan fingerprint density at radius 1 is 1.00 bits per heavy atom. The molecule has 0 fully saturated rings. The van der Waals surface area contributed by atoms with E-state index < -0.39 is 0 Å². The van der Waals surface area contributed by atoms with Crippen molar-refractivity contribution in [3.05, 3.63) is 33.5 Å². The summed E-state index contributed by atoms with van der Waals surface area (Å²) in [4.78, 5) is 11.8. The Bertz CT molecular complexity index is 562. The molecular weight excluding hydrogens is 284 g/mol. The SMILES string of the molecule is COc1nc(Cl)nc(-c2ccc(Cl)c(Cl)c2)n1. The number of methoxy groups -OCH3 is 1. The van der Waals surface area contributed by atoms with Crippen molar-refractivity contribution in [1.29, 1.82) is 0 Å². The maximum atomic E-state index is 5.91. The molecule has 88 valence electrons. The Hall–Kier alpha value is -1.10. The Balaban J connectivity index is 2.52. The van der Waals surface area contributed by atoms with Crippen molar-refractivity contribution in [2.45, 2.75) is 0 Å². The summed E-state index contributed by atoms with van der Waals surface area (Å²) in [5, 5.41) is 0.931. The normalized spacial score (nSPS) is 10.4. The highest BCUT2D eigenvalue weighted by molar-refractivity contribution is 6.42. The minimum atomic E-state index is 0.0536. The predicted octanol–water partition coefficient (Wildman–Crippen LogP) is 3.51. The second-order valence-corrected chi connectivity index (χ2v) is 4.20. The molecule has 0 amide bonds. The van der Waals surface area contributed by atoms with Crippen LogP contribution in [0.1, 0.15) is 0 Å². The van der Waals surface area contributed by atoms with Crippen LogP contribution in [0, 0.1) is 0 Å². The van der Waals surface area contributed by atoms with Crippen molar-refractivity contribution >= 4 is 34.8 Å². The van der Waals surface area contributed by atoms with Crippen LogP contribution in [0.2, 0.25) is 15.3 Å². The highest BCUT2D eigenvalue weighted by Gasteiger charge is 2.09. The lowest BCUT2D eigenvalue weighted by molar-refractivity contribution is 0.379. The van der Waals surface area contributed by atoms with Gasteiger partial charge in [-0.1, -0.05) is 23.2 Å². The number of ether oxygens (including phenoxy) is 1. The quantitative estimate of drug-likeness (QED) is 0.849. The minimum Gasteiger partial charge on any atom is -0.467 e. The summed E-state index contributed by atoms with van der Waals surface area (Å²) in [6, 6.07) is 5.18. The summed E-state index contributed by atoms with van der Waals surface area (Å²) in [6.07, 6.45) is 0. The van der Waals surface area contributed by atoms with E-state index in [2.05, 4.69) is 15.0 Å². The van der Waals surface area contributed by atoms with E-state index in [1.807, 2.05) is 0 Å². The molecule has 0 bridgehead atoms. The molecule has 0 radical (unpaired) electrons. The van der Waals surface area contributed by atoms with Crippen molar-refractivity contribution < 1.29 is 4.74 Å². The number of halogens is 3. The maximum absolute atomic E-state index is 5.91.